The van der Waals surface area contributed by atoms with E-state index in [4.69, 9.17) is 14.5 Å². The summed E-state index contributed by atoms with van der Waals surface area (Å²) in [6, 6.07) is 4.56. The number of nitrogens with zero attached hydrogens (tertiary/aromatic N) is 2. The first-order valence-corrected chi connectivity index (χ1v) is 6.58. The second kappa shape index (κ2) is 3.76. The van der Waals surface area contributed by atoms with Crippen molar-refractivity contribution in [2.45, 2.75) is 19.0 Å². The van der Waals surface area contributed by atoms with E-state index >= 15 is 0 Å². The Bertz CT molecular complexity index is 606. The van der Waals surface area contributed by atoms with Crippen LogP contribution in [-0.2, 0) is 6.54 Å². The van der Waals surface area contributed by atoms with Gasteiger partial charge in [0, 0.05) is 30.1 Å². The molecular weight excluding hydrogens is 240 g/mol. The fraction of sp³-hybridized carbons (Fsp3) is 0.400. The summed E-state index contributed by atoms with van der Waals surface area (Å²) < 4.78 is 10.7. The SMILES string of the molecule is COc1cc2c(cc1OC)N=C1C3C=CC(C3)N1C2. The normalized spacial score (nSPS) is 26.0. The van der Waals surface area contributed by atoms with E-state index in [1.807, 2.05) is 12.1 Å². The molecule has 2 unspecified atom stereocenters. The molecule has 2 aliphatic heterocycles. The maximum atomic E-state index is 5.37. The number of fused-ring (bicyclic) bond motifs is 6. The van der Waals surface area contributed by atoms with Gasteiger partial charge in [0.15, 0.2) is 11.5 Å². The van der Waals surface area contributed by atoms with Gasteiger partial charge >= 0.3 is 0 Å². The summed E-state index contributed by atoms with van der Waals surface area (Å²) in [6.07, 6.45) is 5.77. The lowest BCUT2D eigenvalue weighted by molar-refractivity contribution is 0.350. The molecule has 0 spiro atoms. The lowest BCUT2D eigenvalue weighted by Gasteiger charge is -2.31. The average molecular weight is 256 g/mol. The highest BCUT2D eigenvalue weighted by atomic mass is 16.5. The van der Waals surface area contributed by atoms with Gasteiger partial charge < -0.3 is 14.4 Å². The molecule has 4 nitrogen and oxygen atoms in total. The third kappa shape index (κ3) is 1.43. The number of benzene rings is 1. The molecule has 1 saturated heterocycles. The van der Waals surface area contributed by atoms with Crippen molar-refractivity contribution < 1.29 is 9.47 Å². The van der Waals surface area contributed by atoms with E-state index in [1.165, 1.54) is 17.8 Å². The van der Waals surface area contributed by atoms with Crippen LogP contribution >= 0.6 is 0 Å². The van der Waals surface area contributed by atoms with Crippen molar-refractivity contribution in [1.82, 2.24) is 4.90 Å². The molecule has 1 aliphatic carbocycles. The molecule has 1 aromatic carbocycles. The Hall–Kier alpha value is -1.97. The van der Waals surface area contributed by atoms with Crippen LogP contribution in [0.5, 0.6) is 11.5 Å². The summed E-state index contributed by atoms with van der Waals surface area (Å²) in [6.45, 7) is 0.917. The van der Waals surface area contributed by atoms with Crippen molar-refractivity contribution >= 4 is 11.5 Å². The fourth-order valence-corrected chi connectivity index (χ4v) is 3.28. The number of amidine groups is 1. The van der Waals surface area contributed by atoms with Gasteiger partial charge in [-0.05, 0) is 12.5 Å². The third-order valence-corrected chi connectivity index (χ3v) is 4.25. The van der Waals surface area contributed by atoms with Crippen molar-refractivity contribution in [2.75, 3.05) is 14.2 Å². The number of ether oxygens (including phenoxy) is 2. The molecule has 4 rings (SSSR count). The molecule has 0 radical (unpaired) electrons. The highest BCUT2D eigenvalue weighted by Crippen LogP contribution is 2.43. The summed E-state index contributed by atoms with van der Waals surface area (Å²) in [5, 5.41) is 0. The van der Waals surface area contributed by atoms with Gasteiger partial charge in [0.2, 0.25) is 0 Å². The Balaban J connectivity index is 1.82. The number of aliphatic imine (C=N–C) groups is 1. The second-order valence-electron chi connectivity index (χ2n) is 5.23. The third-order valence-electron chi connectivity index (χ3n) is 4.25. The van der Waals surface area contributed by atoms with Gasteiger partial charge in [0.1, 0.15) is 5.84 Å². The maximum absolute atomic E-state index is 5.37. The van der Waals surface area contributed by atoms with E-state index in [2.05, 4.69) is 17.1 Å². The zero-order valence-corrected chi connectivity index (χ0v) is 11.1. The largest absolute Gasteiger partial charge is 0.493 e. The second-order valence-corrected chi connectivity index (χ2v) is 5.23. The van der Waals surface area contributed by atoms with Gasteiger partial charge in [-0.25, -0.2) is 4.99 Å². The zero-order valence-electron chi connectivity index (χ0n) is 11.1. The van der Waals surface area contributed by atoms with Crippen LogP contribution in [0.15, 0.2) is 29.3 Å². The molecule has 0 N–H and O–H groups in total. The fourth-order valence-electron chi connectivity index (χ4n) is 3.28. The molecule has 1 aromatic rings. The van der Waals surface area contributed by atoms with Gasteiger partial charge in [-0.1, -0.05) is 12.2 Å². The molecule has 0 saturated carbocycles. The maximum Gasteiger partial charge on any atom is 0.162 e. The van der Waals surface area contributed by atoms with Crippen LogP contribution < -0.4 is 9.47 Å². The van der Waals surface area contributed by atoms with Gasteiger partial charge in [-0.3, -0.25) is 0 Å². The number of hydrogen-bond acceptors (Lipinski definition) is 4. The van der Waals surface area contributed by atoms with Gasteiger partial charge in [-0.2, -0.15) is 0 Å². The summed E-state index contributed by atoms with van der Waals surface area (Å²) >= 11 is 0. The smallest absolute Gasteiger partial charge is 0.162 e. The van der Waals surface area contributed by atoms with Crippen molar-refractivity contribution in [3.63, 3.8) is 0 Å². The first-order chi connectivity index (χ1) is 9.30. The molecule has 2 heterocycles. The predicted octanol–water partition coefficient (Wildman–Crippen LogP) is 2.51. The minimum absolute atomic E-state index is 0.506. The molecule has 98 valence electrons. The molecule has 3 aliphatic rings. The predicted molar refractivity (Wildman–Crippen MR) is 73.2 cm³/mol. The summed E-state index contributed by atoms with van der Waals surface area (Å²) in [4.78, 5) is 7.23. The van der Waals surface area contributed by atoms with Gasteiger partial charge in [-0.15, -0.1) is 0 Å². The van der Waals surface area contributed by atoms with E-state index in [1.54, 1.807) is 14.2 Å². The zero-order chi connectivity index (χ0) is 13.0. The van der Waals surface area contributed by atoms with E-state index in [0.29, 0.717) is 12.0 Å². The minimum Gasteiger partial charge on any atom is -0.493 e. The van der Waals surface area contributed by atoms with E-state index in [0.717, 1.165) is 23.7 Å². The van der Waals surface area contributed by atoms with E-state index in [9.17, 15) is 0 Å². The first-order valence-electron chi connectivity index (χ1n) is 6.58. The van der Waals surface area contributed by atoms with E-state index in [-0.39, 0.29) is 0 Å². The van der Waals surface area contributed by atoms with Crippen molar-refractivity contribution in [1.29, 1.82) is 0 Å². The van der Waals surface area contributed by atoms with Crippen LogP contribution in [0.2, 0.25) is 0 Å². The molecule has 2 bridgehead atoms. The summed E-state index contributed by atoms with van der Waals surface area (Å²) in [5.74, 6) is 3.25. The van der Waals surface area contributed by atoms with Crippen molar-refractivity contribution in [3.8, 4) is 11.5 Å². The van der Waals surface area contributed by atoms with Crippen LogP contribution in [0.1, 0.15) is 12.0 Å². The number of rotatable bonds is 2. The Kier molecular flexibility index (Phi) is 2.16. The first kappa shape index (κ1) is 10.9. The monoisotopic (exact) mass is 256 g/mol. The Morgan fingerprint density at radius 3 is 2.74 bits per heavy atom. The van der Waals surface area contributed by atoms with Gasteiger partial charge in [0.05, 0.1) is 19.9 Å². The molecular formula is C15H16N2O2. The summed E-state index contributed by atoms with van der Waals surface area (Å²) in [5.41, 5.74) is 2.23. The highest BCUT2D eigenvalue weighted by molar-refractivity contribution is 5.94. The van der Waals surface area contributed by atoms with Crippen LogP contribution in [0.25, 0.3) is 0 Å². The standard InChI is InChI=1S/C15H16N2O2/c1-18-13-6-10-8-17-11-4-3-9(5-11)15(17)16-12(10)7-14(13)19-2/h3-4,6-7,9,11H,5,8H2,1-2H3. The molecule has 2 atom stereocenters. The topological polar surface area (TPSA) is 34.1 Å². The molecule has 0 amide bonds. The Labute approximate surface area is 112 Å². The molecule has 1 fully saturated rings. The molecule has 19 heavy (non-hydrogen) atoms. The summed E-state index contributed by atoms with van der Waals surface area (Å²) in [7, 11) is 3.33. The lowest BCUT2D eigenvalue weighted by Crippen LogP contribution is -2.36. The van der Waals surface area contributed by atoms with Crippen LogP contribution in [0.3, 0.4) is 0 Å². The van der Waals surface area contributed by atoms with Crippen LogP contribution in [0.4, 0.5) is 5.69 Å². The Morgan fingerprint density at radius 1 is 1.16 bits per heavy atom. The number of methoxy groups -OCH3 is 2. The molecule has 4 heteroatoms. The molecule has 0 aromatic heterocycles. The number of hydrogen-bond donors (Lipinski definition) is 0. The average Bonchev–Trinajstić information content (AvgIpc) is 3.05. The minimum atomic E-state index is 0.506. The van der Waals surface area contributed by atoms with Crippen LogP contribution in [0, 0.1) is 5.92 Å². The quantitative estimate of drug-likeness (QED) is 0.762. The highest BCUT2D eigenvalue weighted by Gasteiger charge is 2.41. The Morgan fingerprint density at radius 2 is 1.95 bits per heavy atom. The lowest BCUT2D eigenvalue weighted by atomic mass is 10.1. The van der Waals surface area contributed by atoms with Crippen molar-refractivity contribution in [3.05, 3.63) is 29.8 Å². The van der Waals surface area contributed by atoms with Crippen molar-refractivity contribution in [2.24, 2.45) is 10.9 Å². The van der Waals surface area contributed by atoms with Crippen LogP contribution in [-0.4, -0.2) is 31.0 Å². The van der Waals surface area contributed by atoms with E-state index < -0.39 is 0 Å². The van der Waals surface area contributed by atoms with Gasteiger partial charge in [0.25, 0.3) is 0 Å².